The highest BCUT2D eigenvalue weighted by Crippen LogP contribution is 2.05. The maximum Gasteiger partial charge on any atom is 0.0431 e. The summed E-state index contributed by atoms with van der Waals surface area (Å²) in [5, 5.41) is 8.53. The van der Waals surface area contributed by atoms with Crippen LogP contribution < -0.4 is 0 Å². The number of allylic oxidation sites excluding steroid dienone is 2. The minimum atomic E-state index is 0.342. The standard InChI is InChI=1S/C11H22O/c1-3-11(2)9-7-5-4-6-8-10-12/h7,9,11-12H,3-6,8,10H2,1-2H3/b9-7+. The number of aliphatic hydroxyl groups excluding tert-OH is 1. The second-order valence-corrected chi connectivity index (χ2v) is 3.39. The topological polar surface area (TPSA) is 20.2 Å². The van der Waals surface area contributed by atoms with E-state index in [-0.39, 0.29) is 0 Å². The number of hydrogen-bond acceptors (Lipinski definition) is 1. The zero-order valence-electron chi connectivity index (χ0n) is 8.42. The smallest absolute Gasteiger partial charge is 0.0431 e. The van der Waals surface area contributed by atoms with Crippen LogP contribution in [0.15, 0.2) is 12.2 Å². The van der Waals surface area contributed by atoms with E-state index in [4.69, 9.17) is 5.11 Å². The predicted molar refractivity (Wildman–Crippen MR) is 54.1 cm³/mol. The zero-order valence-corrected chi connectivity index (χ0v) is 8.42. The summed E-state index contributed by atoms with van der Waals surface area (Å²) in [6.07, 6.45) is 10.3. The lowest BCUT2D eigenvalue weighted by Gasteiger charge is -1.99. The lowest BCUT2D eigenvalue weighted by atomic mass is 10.1. The van der Waals surface area contributed by atoms with Gasteiger partial charge in [0.25, 0.3) is 0 Å². The molecule has 0 aromatic carbocycles. The van der Waals surface area contributed by atoms with Gasteiger partial charge < -0.3 is 5.11 Å². The molecule has 0 saturated carbocycles. The Bertz CT molecular complexity index is 108. The van der Waals surface area contributed by atoms with E-state index >= 15 is 0 Å². The van der Waals surface area contributed by atoms with Crippen molar-refractivity contribution in [3.05, 3.63) is 12.2 Å². The van der Waals surface area contributed by atoms with E-state index in [0.717, 1.165) is 18.8 Å². The fourth-order valence-electron chi connectivity index (χ4n) is 1.02. The van der Waals surface area contributed by atoms with E-state index in [9.17, 15) is 0 Å². The van der Waals surface area contributed by atoms with Crippen LogP contribution in [0.2, 0.25) is 0 Å². The van der Waals surface area contributed by atoms with Crippen molar-refractivity contribution in [3.63, 3.8) is 0 Å². The highest BCUT2D eigenvalue weighted by molar-refractivity contribution is 4.85. The molecule has 0 aliphatic heterocycles. The van der Waals surface area contributed by atoms with E-state index in [1.165, 1.54) is 19.3 Å². The van der Waals surface area contributed by atoms with Crippen LogP contribution in [0.4, 0.5) is 0 Å². The molecule has 72 valence electrons. The van der Waals surface area contributed by atoms with Crippen molar-refractivity contribution in [1.82, 2.24) is 0 Å². The fourth-order valence-corrected chi connectivity index (χ4v) is 1.02. The molecule has 0 fully saturated rings. The van der Waals surface area contributed by atoms with Crippen molar-refractivity contribution in [3.8, 4) is 0 Å². The molecule has 1 N–H and O–H groups in total. The molecule has 0 heterocycles. The molecule has 0 amide bonds. The zero-order chi connectivity index (χ0) is 9.23. The lowest BCUT2D eigenvalue weighted by Crippen LogP contribution is -1.85. The second kappa shape index (κ2) is 8.79. The van der Waals surface area contributed by atoms with Crippen LogP contribution in [0, 0.1) is 5.92 Å². The Morgan fingerprint density at radius 1 is 1.25 bits per heavy atom. The monoisotopic (exact) mass is 170 g/mol. The molecule has 0 radical (unpaired) electrons. The van der Waals surface area contributed by atoms with Gasteiger partial charge in [0.1, 0.15) is 0 Å². The van der Waals surface area contributed by atoms with Gasteiger partial charge in [-0.05, 0) is 25.2 Å². The second-order valence-electron chi connectivity index (χ2n) is 3.39. The summed E-state index contributed by atoms with van der Waals surface area (Å²) in [5.41, 5.74) is 0. The van der Waals surface area contributed by atoms with E-state index in [1.807, 2.05) is 0 Å². The number of aliphatic hydroxyl groups is 1. The first-order valence-corrected chi connectivity index (χ1v) is 5.08. The molecular weight excluding hydrogens is 148 g/mol. The summed E-state index contributed by atoms with van der Waals surface area (Å²) in [6, 6.07) is 0. The molecular formula is C11H22O. The third-order valence-electron chi connectivity index (χ3n) is 2.14. The summed E-state index contributed by atoms with van der Waals surface area (Å²) >= 11 is 0. The summed E-state index contributed by atoms with van der Waals surface area (Å²) < 4.78 is 0. The highest BCUT2D eigenvalue weighted by atomic mass is 16.2. The molecule has 0 rings (SSSR count). The minimum absolute atomic E-state index is 0.342. The Morgan fingerprint density at radius 3 is 2.58 bits per heavy atom. The Balaban J connectivity index is 3.12. The van der Waals surface area contributed by atoms with Gasteiger partial charge in [-0.15, -0.1) is 0 Å². The van der Waals surface area contributed by atoms with Crippen LogP contribution in [0.5, 0.6) is 0 Å². The molecule has 0 aliphatic rings. The minimum Gasteiger partial charge on any atom is -0.396 e. The van der Waals surface area contributed by atoms with Gasteiger partial charge in [0.05, 0.1) is 0 Å². The van der Waals surface area contributed by atoms with E-state index < -0.39 is 0 Å². The third kappa shape index (κ3) is 7.80. The quantitative estimate of drug-likeness (QED) is 0.459. The van der Waals surface area contributed by atoms with E-state index in [2.05, 4.69) is 26.0 Å². The highest BCUT2D eigenvalue weighted by Gasteiger charge is 1.89. The lowest BCUT2D eigenvalue weighted by molar-refractivity contribution is 0.283. The molecule has 1 heteroatoms. The van der Waals surface area contributed by atoms with Gasteiger partial charge in [-0.25, -0.2) is 0 Å². The molecule has 0 spiro atoms. The van der Waals surface area contributed by atoms with Gasteiger partial charge in [0, 0.05) is 6.61 Å². The maximum atomic E-state index is 8.53. The summed E-state index contributed by atoms with van der Waals surface area (Å²) in [7, 11) is 0. The van der Waals surface area contributed by atoms with Crippen LogP contribution in [0.25, 0.3) is 0 Å². The van der Waals surface area contributed by atoms with Crippen LogP contribution in [0.1, 0.15) is 46.0 Å². The first-order valence-electron chi connectivity index (χ1n) is 5.08. The Kier molecular flexibility index (Phi) is 8.57. The summed E-state index contributed by atoms with van der Waals surface area (Å²) in [6.45, 7) is 4.79. The van der Waals surface area contributed by atoms with Gasteiger partial charge in [-0.1, -0.05) is 38.8 Å². The largest absolute Gasteiger partial charge is 0.396 e. The SMILES string of the molecule is CCC(C)/C=C/CCCCCO. The van der Waals surface area contributed by atoms with E-state index in [0.29, 0.717) is 6.61 Å². The molecule has 1 atom stereocenters. The molecule has 0 aliphatic carbocycles. The van der Waals surface area contributed by atoms with Crippen LogP contribution >= 0.6 is 0 Å². The predicted octanol–water partition coefficient (Wildman–Crippen LogP) is 3.14. The van der Waals surface area contributed by atoms with Gasteiger partial charge in [-0.3, -0.25) is 0 Å². The number of hydrogen-bond donors (Lipinski definition) is 1. The van der Waals surface area contributed by atoms with Crippen molar-refractivity contribution < 1.29 is 5.11 Å². The van der Waals surface area contributed by atoms with Gasteiger partial charge in [0.2, 0.25) is 0 Å². The third-order valence-corrected chi connectivity index (χ3v) is 2.14. The number of rotatable bonds is 7. The average Bonchev–Trinajstić information content (AvgIpc) is 2.10. The Morgan fingerprint density at radius 2 is 2.00 bits per heavy atom. The average molecular weight is 170 g/mol. The van der Waals surface area contributed by atoms with Gasteiger partial charge in [0.15, 0.2) is 0 Å². The normalized spacial score (nSPS) is 13.9. The number of unbranched alkanes of at least 4 members (excludes halogenated alkanes) is 3. The molecule has 1 nitrogen and oxygen atoms in total. The van der Waals surface area contributed by atoms with Crippen LogP contribution in [0.3, 0.4) is 0 Å². The maximum absolute atomic E-state index is 8.53. The van der Waals surface area contributed by atoms with Crippen molar-refractivity contribution in [2.45, 2.75) is 46.0 Å². The molecule has 0 aromatic heterocycles. The molecule has 0 aromatic rings. The Hall–Kier alpha value is -0.300. The van der Waals surface area contributed by atoms with E-state index in [1.54, 1.807) is 0 Å². The molecule has 0 saturated heterocycles. The van der Waals surface area contributed by atoms with Gasteiger partial charge >= 0.3 is 0 Å². The molecule has 0 bridgehead atoms. The van der Waals surface area contributed by atoms with Crippen molar-refractivity contribution >= 4 is 0 Å². The Labute approximate surface area is 76.5 Å². The van der Waals surface area contributed by atoms with Crippen LogP contribution in [-0.4, -0.2) is 11.7 Å². The summed E-state index contributed by atoms with van der Waals surface area (Å²) in [5.74, 6) is 0.725. The first-order chi connectivity index (χ1) is 5.81. The fraction of sp³-hybridized carbons (Fsp3) is 0.818. The van der Waals surface area contributed by atoms with Crippen LogP contribution in [-0.2, 0) is 0 Å². The van der Waals surface area contributed by atoms with Gasteiger partial charge in [-0.2, -0.15) is 0 Å². The molecule has 12 heavy (non-hydrogen) atoms. The van der Waals surface area contributed by atoms with Crippen molar-refractivity contribution in [2.75, 3.05) is 6.61 Å². The summed E-state index contributed by atoms with van der Waals surface area (Å²) in [4.78, 5) is 0. The molecule has 1 unspecified atom stereocenters. The first kappa shape index (κ1) is 11.7. The van der Waals surface area contributed by atoms with Crippen molar-refractivity contribution in [1.29, 1.82) is 0 Å². The van der Waals surface area contributed by atoms with Crippen molar-refractivity contribution in [2.24, 2.45) is 5.92 Å².